The Labute approximate surface area is 157 Å². The van der Waals surface area contributed by atoms with Gasteiger partial charge in [-0.15, -0.1) is 5.10 Å². The van der Waals surface area contributed by atoms with E-state index < -0.39 is 10.0 Å². The molecule has 1 aromatic heterocycles. The van der Waals surface area contributed by atoms with Crippen LogP contribution in [-0.2, 0) is 26.2 Å². The molecule has 2 heterocycles. The van der Waals surface area contributed by atoms with Crippen LogP contribution in [0.1, 0.15) is 26.7 Å². The summed E-state index contributed by atoms with van der Waals surface area (Å²) in [6.07, 6.45) is 3.56. The number of benzene rings is 1. The van der Waals surface area contributed by atoms with Crippen LogP contribution in [0.15, 0.2) is 41.6 Å². The van der Waals surface area contributed by atoms with E-state index in [1.165, 1.54) is 30.5 Å². The highest BCUT2D eigenvalue weighted by Gasteiger charge is 2.30. The highest BCUT2D eigenvalue weighted by Crippen LogP contribution is 2.24. The second-order valence-corrected chi connectivity index (χ2v) is 8.43. The quantitative estimate of drug-likeness (QED) is 0.703. The SMILES string of the molecule is CC(C)[C@H](Cn1ccnn1)NS(=O)(=O)c1ccc(N2C(=O)CCC2=O)cc1. The zero-order chi connectivity index (χ0) is 19.6. The molecule has 1 atom stereocenters. The number of sulfonamides is 1. The van der Waals surface area contributed by atoms with Crippen molar-refractivity contribution >= 4 is 27.5 Å². The molecule has 0 unspecified atom stereocenters. The van der Waals surface area contributed by atoms with Gasteiger partial charge in [0, 0.05) is 25.1 Å². The Morgan fingerprint density at radius 3 is 2.26 bits per heavy atom. The van der Waals surface area contributed by atoms with E-state index >= 15 is 0 Å². The van der Waals surface area contributed by atoms with Gasteiger partial charge in [0.25, 0.3) is 0 Å². The molecule has 0 saturated carbocycles. The van der Waals surface area contributed by atoms with Gasteiger partial charge in [-0.25, -0.2) is 13.1 Å². The molecule has 1 aromatic carbocycles. The lowest BCUT2D eigenvalue weighted by molar-refractivity contribution is -0.121. The van der Waals surface area contributed by atoms with E-state index in [2.05, 4.69) is 15.0 Å². The molecule has 0 radical (unpaired) electrons. The topological polar surface area (TPSA) is 114 Å². The van der Waals surface area contributed by atoms with E-state index in [1.807, 2.05) is 13.8 Å². The molecule has 144 valence electrons. The van der Waals surface area contributed by atoms with Gasteiger partial charge in [-0.1, -0.05) is 19.1 Å². The molecule has 0 spiro atoms. The number of carbonyl (C=O) groups is 2. The minimum absolute atomic E-state index is 0.0306. The van der Waals surface area contributed by atoms with Crippen molar-refractivity contribution in [2.45, 2.75) is 44.2 Å². The summed E-state index contributed by atoms with van der Waals surface area (Å²) < 4.78 is 29.7. The van der Waals surface area contributed by atoms with Crippen molar-refractivity contribution in [2.24, 2.45) is 5.92 Å². The summed E-state index contributed by atoms with van der Waals surface area (Å²) in [7, 11) is -3.77. The summed E-state index contributed by atoms with van der Waals surface area (Å²) in [5.74, 6) is -0.522. The van der Waals surface area contributed by atoms with Crippen LogP contribution in [0.2, 0.25) is 0 Å². The zero-order valence-electron chi connectivity index (χ0n) is 15.1. The van der Waals surface area contributed by atoms with Crippen LogP contribution >= 0.6 is 0 Å². The molecule has 1 aliphatic rings. The van der Waals surface area contributed by atoms with Crippen molar-refractivity contribution in [3.8, 4) is 0 Å². The average molecular weight is 391 g/mol. The molecule has 0 aliphatic carbocycles. The number of aromatic nitrogens is 3. The fourth-order valence-corrected chi connectivity index (χ4v) is 4.20. The van der Waals surface area contributed by atoms with E-state index in [9.17, 15) is 18.0 Å². The summed E-state index contributed by atoms with van der Waals surface area (Å²) in [5, 5.41) is 7.60. The minimum atomic E-state index is -3.77. The van der Waals surface area contributed by atoms with Crippen molar-refractivity contribution < 1.29 is 18.0 Å². The summed E-state index contributed by atoms with van der Waals surface area (Å²) in [6.45, 7) is 4.18. The first kappa shape index (κ1) is 19.2. The van der Waals surface area contributed by atoms with Gasteiger partial charge >= 0.3 is 0 Å². The lowest BCUT2D eigenvalue weighted by atomic mass is 10.1. The van der Waals surface area contributed by atoms with Gasteiger partial charge in [0.15, 0.2) is 0 Å². The number of nitrogens with one attached hydrogen (secondary N) is 1. The van der Waals surface area contributed by atoms with Crippen molar-refractivity contribution in [3.63, 3.8) is 0 Å². The molecule has 10 heteroatoms. The van der Waals surface area contributed by atoms with E-state index in [0.29, 0.717) is 12.2 Å². The predicted octanol–water partition coefficient (Wildman–Crippen LogP) is 0.935. The predicted molar refractivity (Wildman–Crippen MR) is 97.1 cm³/mol. The van der Waals surface area contributed by atoms with Crippen LogP contribution in [0.5, 0.6) is 0 Å². The van der Waals surface area contributed by atoms with Gasteiger partial charge in [0.2, 0.25) is 21.8 Å². The summed E-state index contributed by atoms with van der Waals surface area (Å²) in [4.78, 5) is 24.8. The second-order valence-electron chi connectivity index (χ2n) is 6.71. The molecule has 1 fully saturated rings. The number of imide groups is 1. The van der Waals surface area contributed by atoms with Gasteiger partial charge in [-0.2, -0.15) is 0 Å². The maximum absolute atomic E-state index is 12.7. The monoisotopic (exact) mass is 391 g/mol. The van der Waals surface area contributed by atoms with Crippen molar-refractivity contribution in [2.75, 3.05) is 4.90 Å². The molecule has 27 heavy (non-hydrogen) atoms. The summed E-state index contributed by atoms with van der Waals surface area (Å²) >= 11 is 0. The minimum Gasteiger partial charge on any atom is -0.274 e. The molecular formula is C17H21N5O4S. The molecule has 9 nitrogen and oxygen atoms in total. The highest BCUT2D eigenvalue weighted by molar-refractivity contribution is 7.89. The summed E-state index contributed by atoms with van der Waals surface area (Å²) in [6, 6.07) is 5.35. The fourth-order valence-electron chi connectivity index (χ4n) is 2.82. The van der Waals surface area contributed by atoms with Gasteiger partial charge in [-0.3, -0.25) is 19.2 Å². The van der Waals surface area contributed by atoms with Gasteiger partial charge < -0.3 is 0 Å². The molecule has 2 amide bonds. The van der Waals surface area contributed by atoms with Crippen molar-refractivity contribution in [1.82, 2.24) is 19.7 Å². The molecule has 1 N–H and O–H groups in total. The average Bonchev–Trinajstić information content (AvgIpc) is 3.24. The first-order valence-electron chi connectivity index (χ1n) is 8.60. The Morgan fingerprint density at radius 2 is 1.74 bits per heavy atom. The second kappa shape index (κ2) is 7.57. The molecule has 1 saturated heterocycles. The maximum Gasteiger partial charge on any atom is 0.240 e. The Morgan fingerprint density at radius 1 is 1.11 bits per heavy atom. The van der Waals surface area contributed by atoms with Crippen LogP contribution < -0.4 is 9.62 Å². The third kappa shape index (κ3) is 4.22. The smallest absolute Gasteiger partial charge is 0.240 e. The number of nitrogens with zero attached hydrogens (tertiary/aromatic N) is 4. The van der Waals surface area contributed by atoms with E-state index in [4.69, 9.17) is 0 Å². The van der Waals surface area contributed by atoms with Crippen molar-refractivity contribution in [3.05, 3.63) is 36.7 Å². The number of amides is 2. The standard InChI is InChI=1S/C17H21N5O4S/c1-12(2)15(11-21-10-9-18-20-21)19-27(25,26)14-5-3-13(4-6-14)22-16(23)7-8-17(22)24/h3-6,9-10,12,15,19H,7-8,11H2,1-2H3/t15-/m0/s1. The molecule has 3 rings (SSSR count). The first-order valence-corrected chi connectivity index (χ1v) is 10.1. The number of rotatable bonds is 7. The molecular weight excluding hydrogens is 370 g/mol. The van der Waals surface area contributed by atoms with E-state index in [-0.39, 0.29) is 41.5 Å². The van der Waals surface area contributed by atoms with Gasteiger partial charge in [-0.05, 0) is 30.2 Å². The van der Waals surface area contributed by atoms with Gasteiger partial charge in [0.05, 0.1) is 23.3 Å². The number of anilines is 1. The number of hydrogen-bond donors (Lipinski definition) is 1. The molecule has 0 bridgehead atoms. The lowest BCUT2D eigenvalue weighted by Gasteiger charge is -2.22. The van der Waals surface area contributed by atoms with Crippen LogP contribution in [0.4, 0.5) is 5.69 Å². The fraction of sp³-hybridized carbons (Fsp3) is 0.412. The van der Waals surface area contributed by atoms with Crippen molar-refractivity contribution in [1.29, 1.82) is 0 Å². The molecule has 2 aromatic rings. The Bertz CT molecular complexity index is 907. The van der Waals surface area contributed by atoms with Crippen LogP contribution in [0.3, 0.4) is 0 Å². The molecule has 1 aliphatic heterocycles. The normalized spacial score (nSPS) is 16.3. The zero-order valence-corrected chi connectivity index (χ0v) is 15.9. The van der Waals surface area contributed by atoms with Gasteiger partial charge in [0.1, 0.15) is 0 Å². The summed E-state index contributed by atoms with van der Waals surface area (Å²) in [5.41, 5.74) is 0.379. The third-order valence-corrected chi connectivity index (χ3v) is 5.93. The van der Waals surface area contributed by atoms with E-state index in [0.717, 1.165) is 4.90 Å². The highest BCUT2D eigenvalue weighted by atomic mass is 32.2. The Kier molecular flexibility index (Phi) is 5.38. The maximum atomic E-state index is 12.7. The third-order valence-electron chi connectivity index (χ3n) is 4.42. The van der Waals surface area contributed by atoms with Crippen LogP contribution in [-0.4, -0.2) is 41.3 Å². The number of hydrogen-bond acceptors (Lipinski definition) is 6. The van der Waals surface area contributed by atoms with Crippen LogP contribution in [0.25, 0.3) is 0 Å². The first-order chi connectivity index (χ1) is 12.8. The Hall–Kier alpha value is -2.59. The largest absolute Gasteiger partial charge is 0.274 e. The number of carbonyl (C=O) groups excluding carboxylic acids is 2. The lowest BCUT2D eigenvalue weighted by Crippen LogP contribution is -2.41. The van der Waals surface area contributed by atoms with Crippen LogP contribution in [0, 0.1) is 5.92 Å². The Balaban J connectivity index is 1.77. The van der Waals surface area contributed by atoms with E-state index in [1.54, 1.807) is 10.9 Å².